The van der Waals surface area contributed by atoms with Crippen molar-refractivity contribution in [1.29, 1.82) is 0 Å². The number of anilines is 1. The zero-order valence-electron chi connectivity index (χ0n) is 25.6. The lowest BCUT2D eigenvalue weighted by Gasteiger charge is -2.39. The number of hydrogen-bond donors (Lipinski definition) is 1. The van der Waals surface area contributed by atoms with Crippen LogP contribution in [-0.2, 0) is 27.8 Å². The fraction of sp³-hybridized carbons (Fsp3) is 0.594. The minimum Gasteiger partial charge on any atom is -0.339 e. The maximum Gasteiger partial charge on any atom is 0.257 e. The van der Waals surface area contributed by atoms with Crippen molar-refractivity contribution in [2.75, 3.05) is 31.5 Å². The van der Waals surface area contributed by atoms with Crippen molar-refractivity contribution in [1.82, 2.24) is 14.1 Å². The number of piperidine rings is 1. The quantitative estimate of drug-likeness (QED) is 0.496. The smallest absolute Gasteiger partial charge is 0.257 e. The van der Waals surface area contributed by atoms with Crippen LogP contribution in [0.15, 0.2) is 29.2 Å². The van der Waals surface area contributed by atoms with Gasteiger partial charge in [0.15, 0.2) is 0 Å². The highest BCUT2D eigenvalue weighted by molar-refractivity contribution is 7.89. The molecule has 1 aliphatic carbocycles. The van der Waals surface area contributed by atoms with Crippen molar-refractivity contribution in [3.05, 3.63) is 45.8 Å². The van der Waals surface area contributed by atoms with E-state index in [1.54, 1.807) is 28.3 Å². The Labute approximate surface area is 258 Å². The topological polar surface area (TPSA) is 107 Å². The van der Waals surface area contributed by atoms with Crippen LogP contribution in [0.25, 0.3) is 0 Å². The first-order valence-corrected chi connectivity index (χ1v) is 17.6. The van der Waals surface area contributed by atoms with Gasteiger partial charge in [-0.15, -0.1) is 11.3 Å². The van der Waals surface area contributed by atoms with E-state index in [0.717, 1.165) is 49.0 Å². The average Bonchev–Trinajstić information content (AvgIpc) is 3.45. The number of sulfonamides is 1. The van der Waals surface area contributed by atoms with Gasteiger partial charge in [0.05, 0.1) is 17.0 Å². The Kier molecular flexibility index (Phi) is 7.74. The number of thiophene rings is 1. The van der Waals surface area contributed by atoms with Gasteiger partial charge >= 0.3 is 0 Å². The van der Waals surface area contributed by atoms with Gasteiger partial charge in [-0.25, -0.2) is 8.42 Å². The van der Waals surface area contributed by atoms with Crippen LogP contribution in [0.3, 0.4) is 0 Å². The Morgan fingerprint density at radius 1 is 0.953 bits per heavy atom. The molecule has 9 nitrogen and oxygen atoms in total. The van der Waals surface area contributed by atoms with E-state index in [0.29, 0.717) is 55.3 Å². The van der Waals surface area contributed by atoms with Crippen LogP contribution in [0, 0.1) is 10.8 Å². The Hall–Kier alpha value is -2.76. The lowest BCUT2D eigenvalue weighted by Crippen LogP contribution is -2.38. The van der Waals surface area contributed by atoms with Gasteiger partial charge in [-0.05, 0) is 85.6 Å². The largest absolute Gasteiger partial charge is 0.339 e. The summed E-state index contributed by atoms with van der Waals surface area (Å²) in [6.07, 6.45) is 6.31. The summed E-state index contributed by atoms with van der Waals surface area (Å²) in [4.78, 5) is 44.0. The van der Waals surface area contributed by atoms with Gasteiger partial charge in [0.25, 0.3) is 11.8 Å². The summed E-state index contributed by atoms with van der Waals surface area (Å²) in [7, 11) is -3.71. The molecule has 0 spiro atoms. The Morgan fingerprint density at radius 3 is 2.33 bits per heavy atom. The third-order valence-corrected chi connectivity index (χ3v) is 12.7. The minimum atomic E-state index is -3.71. The third kappa shape index (κ3) is 5.76. The van der Waals surface area contributed by atoms with Crippen molar-refractivity contribution in [2.45, 2.75) is 90.1 Å². The van der Waals surface area contributed by atoms with Crippen molar-refractivity contribution in [3.63, 3.8) is 0 Å². The maximum absolute atomic E-state index is 13.7. The second kappa shape index (κ2) is 11.0. The molecule has 2 bridgehead atoms. The molecule has 3 fully saturated rings. The van der Waals surface area contributed by atoms with Crippen molar-refractivity contribution in [3.8, 4) is 0 Å². The number of carbonyl (C=O) groups excluding carboxylic acids is 3. The fourth-order valence-corrected chi connectivity index (χ4v) is 11.0. The van der Waals surface area contributed by atoms with Crippen LogP contribution in [0.2, 0.25) is 0 Å². The molecule has 2 aromatic rings. The summed E-state index contributed by atoms with van der Waals surface area (Å²) >= 11 is 1.35. The van der Waals surface area contributed by atoms with E-state index in [-0.39, 0.29) is 33.6 Å². The monoisotopic (exact) mass is 626 g/mol. The number of benzene rings is 1. The van der Waals surface area contributed by atoms with Gasteiger partial charge in [0.1, 0.15) is 5.00 Å². The number of carbonyl (C=O) groups is 3. The molecule has 4 aliphatic rings. The molecule has 1 aromatic carbocycles. The van der Waals surface area contributed by atoms with Crippen LogP contribution in [0.4, 0.5) is 5.00 Å². The lowest BCUT2D eigenvalue weighted by molar-refractivity contribution is -0.129. The zero-order chi connectivity index (χ0) is 30.7. The molecule has 43 heavy (non-hydrogen) atoms. The van der Waals surface area contributed by atoms with Gasteiger partial charge < -0.3 is 15.1 Å². The molecule has 3 amide bonds. The number of amides is 3. The number of hydrogen-bond acceptors (Lipinski definition) is 6. The number of likely N-dealkylation sites (tertiary alicyclic amines) is 1. The summed E-state index contributed by atoms with van der Waals surface area (Å²) < 4.78 is 29.1. The van der Waals surface area contributed by atoms with Gasteiger partial charge in [-0.2, -0.15) is 4.31 Å². The highest BCUT2D eigenvalue weighted by Gasteiger charge is 2.53. The molecule has 2 saturated heterocycles. The first-order valence-electron chi connectivity index (χ1n) is 15.4. The predicted octanol–water partition coefficient (Wildman–Crippen LogP) is 5.12. The fourth-order valence-electron chi connectivity index (χ4n) is 8.02. The molecule has 0 radical (unpaired) electrons. The molecule has 1 N–H and O–H groups in total. The van der Waals surface area contributed by atoms with Crippen molar-refractivity contribution < 1.29 is 22.8 Å². The van der Waals surface area contributed by atoms with Crippen LogP contribution in [0.1, 0.15) is 97.4 Å². The number of fused-ring (bicyclic) bond motifs is 3. The van der Waals surface area contributed by atoms with E-state index in [2.05, 4.69) is 26.1 Å². The normalized spacial score (nSPS) is 25.3. The van der Waals surface area contributed by atoms with Crippen molar-refractivity contribution in [2.24, 2.45) is 10.8 Å². The van der Waals surface area contributed by atoms with Gasteiger partial charge in [0.2, 0.25) is 15.9 Å². The molecule has 3 aliphatic heterocycles. The summed E-state index contributed by atoms with van der Waals surface area (Å²) in [5.41, 5.74) is 1.85. The SMILES string of the molecule is CC(=O)N1CCc2c(sc(NC(=O)c3ccc(S(=O)(=O)N4CC5(C)CC4CC(C)(C)C5)cc3)c2C(=O)N2CCCCC2)C1. The Balaban J connectivity index is 1.24. The van der Waals surface area contributed by atoms with E-state index in [1.165, 1.54) is 23.5 Å². The molecule has 2 atom stereocenters. The molecule has 1 aromatic heterocycles. The number of nitrogens with zero attached hydrogens (tertiary/aromatic N) is 3. The second-order valence-electron chi connectivity index (χ2n) is 14.0. The van der Waals surface area contributed by atoms with Crippen molar-refractivity contribution >= 4 is 44.1 Å². The standard InChI is InChI=1S/C32H42N4O5S2/c1-21(37)35-15-12-25-26(18-35)42-29(27(25)30(39)34-13-6-5-7-14-34)33-28(38)22-8-10-24(11-9-22)43(40,41)36-20-32(4)17-23(36)16-31(2,3)19-32/h8-11,23H,5-7,12-20H2,1-4H3,(H,33,38). The second-order valence-corrected chi connectivity index (χ2v) is 17.0. The molecular formula is C32H42N4O5S2. The third-order valence-electron chi connectivity index (χ3n) is 9.68. The highest BCUT2D eigenvalue weighted by atomic mass is 32.2. The zero-order valence-corrected chi connectivity index (χ0v) is 27.2. The minimum absolute atomic E-state index is 0.0126. The predicted molar refractivity (Wildman–Crippen MR) is 167 cm³/mol. The summed E-state index contributed by atoms with van der Waals surface area (Å²) in [6, 6.07) is 6.12. The van der Waals surface area contributed by atoms with Crippen LogP contribution >= 0.6 is 11.3 Å². The average molecular weight is 627 g/mol. The molecular weight excluding hydrogens is 585 g/mol. The molecule has 1 saturated carbocycles. The molecule has 232 valence electrons. The highest BCUT2D eigenvalue weighted by Crippen LogP contribution is 2.53. The lowest BCUT2D eigenvalue weighted by atomic mass is 9.65. The first-order chi connectivity index (χ1) is 20.3. The van der Waals surface area contributed by atoms with E-state index in [4.69, 9.17) is 0 Å². The number of rotatable bonds is 5. The summed E-state index contributed by atoms with van der Waals surface area (Å²) in [5.74, 6) is -0.485. The molecule has 2 unspecified atom stereocenters. The van der Waals surface area contributed by atoms with E-state index in [9.17, 15) is 22.8 Å². The van der Waals surface area contributed by atoms with Crippen LogP contribution in [-0.4, -0.2) is 72.5 Å². The molecule has 11 heteroatoms. The van der Waals surface area contributed by atoms with Gasteiger partial charge in [-0.1, -0.05) is 20.8 Å². The van der Waals surface area contributed by atoms with E-state index >= 15 is 0 Å². The van der Waals surface area contributed by atoms with Crippen LogP contribution in [0.5, 0.6) is 0 Å². The number of nitrogens with one attached hydrogen (secondary N) is 1. The Morgan fingerprint density at radius 2 is 1.65 bits per heavy atom. The summed E-state index contributed by atoms with van der Waals surface area (Å²) in [6.45, 7) is 11.0. The molecule has 6 rings (SSSR count). The van der Waals surface area contributed by atoms with E-state index < -0.39 is 15.9 Å². The van der Waals surface area contributed by atoms with Gasteiger partial charge in [-0.3, -0.25) is 14.4 Å². The maximum atomic E-state index is 13.7. The van der Waals surface area contributed by atoms with E-state index in [1.807, 2.05) is 4.90 Å². The molecule has 4 heterocycles. The Bertz CT molecular complexity index is 1560. The van der Waals surface area contributed by atoms with Crippen LogP contribution < -0.4 is 5.32 Å². The first kappa shape index (κ1) is 30.3. The summed E-state index contributed by atoms with van der Waals surface area (Å²) in [5, 5.41) is 3.47. The van der Waals surface area contributed by atoms with Gasteiger partial charge in [0, 0.05) is 49.6 Å².